The number of H-pyrrole nitrogens is 1. The van der Waals surface area contributed by atoms with Crippen molar-refractivity contribution < 1.29 is 19.8 Å². The molecule has 2 unspecified atom stereocenters. The van der Waals surface area contributed by atoms with Gasteiger partial charge in [-0.3, -0.25) is 0 Å². The maximum Gasteiger partial charge on any atom is 0.326 e. The first-order valence-corrected chi connectivity index (χ1v) is 7.00. The van der Waals surface area contributed by atoms with Gasteiger partial charge in [0.2, 0.25) is 0 Å². The number of aliphatic carboxylic acids is 1. The number of urea groups is 1. The number of carboxylic acids is 1. The van der Waals surface area contributed by atoms with Crippen LogP contribution in [0.5, 0.6) is 0 Å². The van der Waals surface area contributed by atoms with E-state index in [4.69, 9.17) is 5.11 Å². The van der Waals surface area contributed by atoms with Crippen LogP contribution in [0.4, 0.5) is 4.79 Å². The van der Waals surface area contributed by atoms with E-state index >= 15 is 0 Å². The molecule has 2 amide bonds. The van der Waals surface area contributed by atoms with Crippen molar-refractivity contribution in [3.8, 4) is 0 Å². The van der Waals surface area contributed by atoms with E-state index in [-0.39, 0.29) is 31.5 Å². The van der Waals surface area contributed by atoms with Crippen LogP contribution in [0.3, 0.4) is 0 Å². The molecule has 1 fully saturated rings. The highest BCUT2D eigenvalue weighted by molar-refractivity contribution is 5.83. The molecule has 0 saturated carbocycles. The number of carbonyl (C=O) groups excluding carboxylic acids is 1. The van der Waals surface area contributed by atoms with Gasteiger partial charge in [0.25, 0.3) is 0 Å². The minimum Gasteiger partial charge on any atom is -0.480 e. The molecule has 3 rings (SSSR count). The number of carboxylic acid groups (broad SMARTS) is 1. The van der Waals surface area contributed by atoms with Gasteiger partial charge in [-0.05, 0) is 6.42 Å². The van der Waals surface area contributed by atoms with E-state index < -0.39 is 12.0 Å². The van der Waals surface area contributed by atoms with E-state index in [9.17, 15) is 14.7 Å². The molecule has 2 aliphatic rings. The molecule has 0 spiro atoms. The number of likely N-dealkylation sites (tertiary alicyclic amines) is 1. The molecule has 0 aromatic carbocycles. The average Bonchev–Trinajstić information content (AvgIpc) is 3.13. The summed E-state index contributed by atoms with van der Waals surface area (Å²) in [5, 5.41) is 18.5. The van der Waals surface area contributed by atoms with Crippen molar-refractivity contribution in [3.05, 3.63) is 17.7 Å². The van der Waals surface area contributed by atoms with Gasteiger partial charge in [0, 0.05) is 32.0 Å². The predicted octanol–water partition coefficient (Wildman–Crippen LogP) is -0.345. The van der Waals surface area contributed by atoms with E-state index in [1.807, 2.05) is 0 Å². The van der Waals surface area contributed by atoms with Gasteiger partial charge in [0.15, 0.2) is 0 Å². The van der Waals surface area contributed by atoms with Crippen LogP contribution in [-0.2, 0) is 17.8 Å². The Labute approximate surface area is 121 Å². The molecular formula is C13H18N4O4. The summed E-state index contributed by atoms with van der Waals surface area (Å²) in [5.41, 5.74) is 1.50. The molecule has 0 radical (unpaired) electrons. The first-order valence-electron chi connectivity index (χ1n) is 7.00. The molecule has 2 aliphatic heterocycles. The van der Waals surface area contributed by atoms with E-state index in [1.54, 1.807) is 4.90 Å². The number of aromatic amines is 1. The molecule has 1 aromatic rings. The minimum absolute atomic E-state index is 0.0524. The van der Waals surface area contributed by atoms with Crippen molar-refractivity contribution >= 4 is 12.0 Å². The van der Waals surface area contributed by atoms with E-state index in [2.05, 4.69) is 9.97 Å². The van der Waals surface area contributed by atoms with E-state index in [0.717, 1.165) is 12.1 Å². The standard InChI is InChI=1S/C13H18N4O4/c18-6-8-1-2-16(4-8)13(21)17-5-10-9(14-7-15-10)3-11(17)12(19)20/h7-8,11,18H,1-6H2,(H,14,15)(H,19,20). The first kappa shape index (κ1) is 13.9. The Hall–Kier alpha value is -2.09. The third kappa shape index (κ3) is 2.46. The molecule has 1 aromatic heterocycles. The summed E-state index contributed by atoms with van der Waals surface area (Å²) in [6.45, 7) is 1.32. The van der Waals surface area contributed by atoms with Crippen molar-refractivity contribution in [3.63, 3.8) is 0 Å². The number of aliphatic hydroxyl groups excluding tert-OH is 1. The van der Waals surface area contributed by atoms with Crippen LogP contribution >= 0.6 is 0 Å². The van der Waals surface area contributed by atoms with Gasteiger partial charge in [-0.2, -0.15) is 0 Å². The van der Waals surface area contributed by atoms with E-state index in [1.165, 1.54) is 11.2 Å². The lowest BCUT2D eigenvalue weighted by Crippen LogP contribution is -2.53. The van der Waals surface area contributed by atoms with Gasteiger partial charge in [-0.15, -0.1) is 0 Å². The maximum atomic E-state index is 12.6. The predicted molar refractivity (Wildman–Crippen MR) is 71.4 cm³/mol. The number of rotatable bonds is 2. The smallest absolute Gasteiger partial charge is 0.326 e. The average molecular weight is 294 g/mol. The number of imidazole rings is 1. The van der Waals surface area contributed by atoms with Gasteiger partial charge in [-0.25, -0.2) is 14.6 Å². The van der Waals surface area contributed by atoms with Crippen LogP contribution in [0.25, 0.3) is 0 Å². The maximum absolute atomic E-state index is 12.6. The number of hydrogen-bond donors (Lipinski definition) is 3. The summed E-state index contributed by atoms with van der Waals surface area (Å²) in [4.78, 5) is 34.1. The lowest BCUT2D eigenvalue weighted by atomic mass is 10.0. The van der Waals surface area contributed by atoms with Gasteiger partial charge < -0.3 is 25.0 Å². The second kappa shape index (κ2) is 5.36. The molecule has 3 heterocycles. The number of carbonyl (C=O) groups is 2. The van der Waals surface area contributed by atoms with Crippen LogP contribution in [0.2, 0.25) is 0 Å². The number of amides is 2. The Morgan fingerprint density at radius 1 is 1.48 bits per heavy atom. The summed E-state index contributed by atoms with van der Waals surface area (Å²) in [5.74, 6) is -0.931. The van der Waals surface area contributed by atoms with Crippen molar-refractivity contribution in [1.29, 1.82) is 0 Å². The Bertz CT molecular complexity index is 558. The normalized spacial score (nSPS) is 25.0. The molecule has 0 bridgehead atoms. The van der Waals surface area contributed by atoms with E-state index in [0.29, 0.717) is 18.8 Å². The Morgan fingerprint density at radius 3 is 2.95 bits per heavy atom. The number of aliphatic hydroxyl groups is 1. The molecule has 114 valence electrons. The molecule has 3 N–H and O–H groups in total. The van der Waals surface area contributed by atoms with Crippen LogP contribution in [0.15, 0.2) is 6.33 Å². The quantitative estimate of drug-likeness (QED) is 0.691. The summed E-state index contributed by atoms with van der Waals surface area (Å²) in [7, 11) is 0. The summed E-state index contributed by atoms with van der Waals surface area (Å²) in [6.07, 6.45) is 2.50. The Balaban J connectivity index is 1.79. The zero-order valence-corrected chi connectivity index (χ0v) is 11.5. The van der Waals surface area contributed by atoms with Crippen LogP contribution in [-0.4, -0.2) is 67.7 Å². The first-order chi connectivity index (χ1) is 10.1. The van der Waals surface area contributed by atoms with Crippen molar-refractivity contribution in [1.82, 2.24) is 19.8 Å². The van der Waals surface area contributed by atoms with Gasteiger partial charge >= 0.3 is 12.0 Å². The SMILES string of the molecule is O=C(O)C1Cc2nc[nH]c2CN1C(=O)N1CCC(CO)C1. The fourth-order valence-electron chi connectivity index (χ4n) is 2.99. The highest BCUT2D eigenvalue weighted by atomic mass is 16.4. The topological polar surface area (TPSA) is 110 Å². The zero-order valence-electron chi connectivity index (χ0n) is 11.5. The molecule has 21 heavy (non-hydrogen) atoms. The number of nitrogens with zero attached hydrogens (tertiary/aromatic N) is 3. The van der Waals surface area contributed by atoms with Crippen molar-refractivity contribution in [2.45, 2.75) is 25.4 Å². The second-order valence-corrected chi connectivity index (χ2v) is 5.58. The summed E-state index contributed by atoms with van der Waals surface area (Å²) >= 11 is 0. The minimum atomic E-state index is -1.02. The third-order valence-corrected chi connectivity index (χ3v) is 4.24. The largest absolute Gasteiger partial charge is 0.480 e. The number of nitrogens with one attached hydrogen (secondary N) is 1. The number of fused-ring (bicyclic) bond motifs is 1. The summed E-state index contributed by atoms with van der Waals surface area (Å²) in [6, 6.07) is -1.17. The number of aromatic nitrogens is 2. The molecule has 2 atom stereocenters. The van der Waals surface area contributed by atoms with Gasteiger partial charge in [-0.1, -0.05) is 0 Å². The summed E-state index contributed by atoms with van der Waals surface area (Å²) < 4.78 is 0. The van der Waals surface area contributed by atoms with Crippen LogP contribution < -0.4 is 0 Å². The monoisotopic (exact) mass is 294 g/mol. The fourth-order valence-corrected chi connectivity index (χ4v) is 2.99. The molecule has 8 nitrogen and oxygen atoms in total. The second-order valence-electron chi connectivity index (χ2n) is 5.58. The van der Waals surface area contributed by atoms with Crippen LogP contribution in [0.1, 0.15) is 17.8 Å². The van der Waals surface area contributed by atoms with Crippen molar-refractivity contribution in [2.24, 2.45) is 5.92 Å². The molecule has 8 heteroatoms. The highest BCUT2D eigenvalue weighted by Gasteiger charge is 2.39. The van der Waals surface area contributed by atoms with Crippen LogP contribution in [0, 0.1) is 5.92 Å². The third-order valence-electron chi connectivity index (χ3n) is 4.24. The molecular weight excluding hydrogens is 276 g/mol. The van der Waals surface area contributed by atoms with Gasteiger partial charge in [0.05, 0.1) is 24.3 Å². The number of hydrogen-bond acceptors (Lipinski definition) is 4. The molecule has 1 saturated heterocycles. The molecule has 0 aliphatic carbocycles. The Kier molecular flexibility index (Phi) is 3.54. The fraction of sp³-hybridized carbons (Fsp3) is 0.615. The highest BCUT2D eigenvalue weighted by Crippen LogP contribution is 2.24. The van der Waals surface area contributed by atoms with Crippen molar-refractivity contribution in [2.75, 3.05) is 19.7 Å². The lowest BCUT2D eigenvalue weighted by molar-refractivity contribution is -0.142. The Morgan fingerprint density at radius 2 is 2.29 bits per heavy atom. The zero-order chi connectivity index (χ0) is 15.0. The lowest BCUT2D eigenvalue weighted by Gasteiger charge is -2.35. The van der Waals surface area contributed by atoms with Gasteiger partial charge in [0.1, 0.15) is 6.04 Å².